The van der Waals surface area contributed by atoms with Gasteiger partial charge in [-0.05, 0) is 48.9 Å². The molecule has 31 heavy (non-hydrogen) atoms. The number of benzene rings is 1. The van der Waals surface area contributed by atoms with E-state index >= 15 is 0 Å². The average Bonchev–Trinajstić information content (AvgIpc) is 3.53. The summed E-state index contributed by atoms with van der Waals surface area (Å²) in [6, 6.07) is 13.9. The fraction of sp³-hybridized carbons (Fsp3) is 0.190. The van der Waals surface area contributed by atoms with Crippen molar-refractivity contribution < 1.29 is 17.6 Å². The van der Waals surface area contributed by atoms with Crippen LogP contribution in [0.25, 0.3) is 17.1 Å². The topological polar surface area (TPSA) is 112 Å². The van der Waals surface area contributed by atoms with Gasteiger partial charge < -0.3 is 9.73 Å². The summed E-state index contributed by atoms with van der Waals surface area (Å²) in [6.45, 7) is 0. The Morgan fingerprint density at radius 2 is 2.00 bits per heavy atom. The van der Waals surface area contributed by atoms with Gasteiger partial charge in [0.05, 0.1) is 29.5 Å². The van der Waals surface area contributed by atoms with E-state index in [9.17, 15) is 13.2 Å². The van der Waals surface area contributed by atoms with Gasteiger partial charge in [-0.1, -0.05) is 0 Å². The second kappa shape index (κ2) is 7.55. The number of anilines is 1. The molecule has 0 spiro atoms. The van der Waals surface area contributed by atoms with E-state index in [1.165, 1.54) is 6.26 Å². The fourth-order valence-electron chi connectivity index (χ4n) is 3.67. The summed E-state index contributed by atoms with van der Waals surface area (Å²) in [5.74, 6) is 0.246. The normalized spacial score (nSPS) is 17.6. The zero-order chi connectivity index (χ0) is 21.4. The monoisotopic (exact) mass is 437 g/mol. The first-order chi connectivity index (χ1) is 15.0. The van der Waals surface area contributed by atoms with E-state index in [1.807, 2.05) is 24.4 Å². The number of amides is 1. The average molecular weight is 437 g/mol. The van der Waals surface area contributed by atoms with Gasteiger partial charge >= 0.3 is 0 Å². The summed E-state index contributed by atoms with van der Waals surface area (Å²) >= 11 is 0. The predicted octanol–water partition coefficient (Wildman–Crippen LogP) is 2.94. The van der Waals surface area contributed by atoms with Gasteiger partial charge in [-0.3, -0.25) is 9.48 Å². The molecule has 158 valence electrons. The zero-order valence-corrected chi connectivity index (χ0v) is 17.2. The number of aromatic nitrogens is 4. The molecule has 5 rings (SSSR count). The highest BCUT2D eigenvalue weighted by Crippen LogP contribution is 2.30. The maximum atomic E-state index is 12.9. The lowest BCUT2D eigenvalue weighted by atomic mass is 10.2. The molecule has 1 atom stereocenters. The van der Waals surface area contributed by atoms with Gasteiger partial charge in [0.1, 0.15) is 5.69 Å². The Bertz CT molecular complexity index is 1310. The van der Waals surface area contributed by atoms with Crippen molar-refractivity contribution in [3.05, 3.63) is 72.9 Å². The molecule has 1 saturated heterocycles. The number of nitrogens with zero attached hydrogens (tertiary/aromatic N) is 4. The minimum absolute atomic E-state index is 0.00165. The smallest absolute Gasteiger partial charge is 0.276 e. The molecule has 4 heterocycles. The van der Waals surface area contributed by atoms with Crippen molar-refractivity contribution in [1.29, 1.82) is 0 Å². The molecule has 0 aliphatic carbocycles. The van der Waals surface area contributed by atoms with Crippen LogP contribution in [0.4, 0.5) is 5.69 Å². The number of sulfone groups is 1. The van der Waals surface area contributed by atoms with Crippen LogP contribution >= 0.6 is 0 Å². The Balaban J connectivity index is 1.41. The second-order valence-corrected chi connectivity index (χ2v) is 9.57. The molecule has 9 nitrogen and oxygen atoms in total. The van der Waals surface area contributed by atoms with E-state index in [1.54, 1.807) is 45.9 Å². The van der Waals surface area contributed by atoms with Crippen molar-refractivity contribution in [2.24, 2.45) is 0 Å². The van der Waals surface area contributed by atoms with Crippen LogP contribution in [0.3, 0.4) is 0 Å². The maximum Gasteiger partial charge on any atom is 0.276 e. The molecule has 1 fully saturated rings. The predicted molar refractivity (Wildman–Crippen MR) is 114 cm³/mol. The van der Waals surface area contributed by atoms with Gasteiger partial charge in [0.2, 0.25) is 0 Å². The van der Waals surface area contributed by atoms with Crippen LogP contribution in [0.15, 0.2) is 71.6 Å². The van der Waals surface area contributed by atoms with Crippen LogP contribution in [0.2, 0.25) is 0 Å². The lowest BCUT2D eigenvalue weighted by Gasteiger charge is -2.11. The number of rotatable bonds is 5. The van der Waals surface area contributed by atoms with E-state index < -0.39 is 9.84 Å². The van der Waals surface area contributed by atoms with Gasteiger partial charge in [-0.15, -0.1) is 0 Å². The number of nitrogens with one attached hydrogen (secondary N) is 1. The molecule has 4 aromatic rings. The molecule has 3 aromatic heterocycles. The molecule has 10 heteroatoms. The van der Waals surface area contributed by atoms with Gasteiger partial charge in [0.15, 0.2) is 21.3 Å². The Hall–Kier alpha value is -3.66. The van der Waals surface area contributed by atoms with Crippen molar-refractivity contribution in [2.75, 3.05) is 16.8 Å². The summed E-state index contributed by atoms with van der Waals surface area (Å²) in [5, 5.41) is 11.4. The molecule has 1 aromatic carbocycles. The Morgan fingerprint density at radius 3 is 2.65 bits per heavy atom. The molecule has 1 aliphatic rings. The number of carbonyl (C=O) groups is 1. The van der Waals surface area contributed by atoms with Crippen LogP contribution in [-0.4, -0.2) is 45.4 Å². The number of furan rings is 1. The van der Waals surface area contributed by atoms with Crippen LogP contribution < -0.4 is 5.32 Å². The lowest BCUT2D eigenvalue weighted by Crippen LogP contribution is -2.16. The van der Waals surface area contributed by atoms with Gasteiger partial charge in [0, 0.05) is 24.1 Å². The molecule has 0 saturated carbocycles. The Morgan fingerprint density at radius 1 is 1.16 bits per heavy atom. The van der Waals surface area contributed by atoms with E-state index in [-0.39, 0.29) is 29.1 Å². The third kappa shape index (κ3) is 3.89. The first kappa shape index (κ1) is 19.3. The first-order valence-corrected chi connectivity index (χ1v) is 11.6. The quantitative estimate of drug-likeness (QED) is 0.514. The van der Waals surface area contributed by atoms with E-state index in [0.29, 0.717) is 23.6 Å². The fourth-order valence-corrected chi connectivity index (χ4v) is 5.37. The molecule has 1 unspecified atom stereocenters. The van der Waals surface area contributed by atoms with E-state index in [4.69, 9.17) is 4.42 Å². The summed E-state index contributed by atoms with van der Waals surface area (Å²) in [4.78, 5) is 12.9. The molecular formula is C21H19N5O4S. The minimum Gasteiger partial charge on any atom is -0.463 e. The van der Waals surface area contributed by atoms with Crippen LogP contribution in [0.5, 0.6) is 0 Å². The molecule has 1 aliphatic heterocycles. The molecule has 1 N–H and O–H groups in total. The third-order valence-electron chi connectivity index (χ3n) is 5.19. The van der Waals surface area contributed by atoms with Crippen molar-refractivity contribution >= 4 is 21.4 Å². The molecule has 0 radical (unpaired) electrons. The summed E-state index contributed by atoms with van der Waals surface area (Å²) < 4.78 is 32.7. The minimum atomic E-state index is -3.11. The van der Waals surface area contributed by atoms with Crippen LogP contribution in [-0.2, 0) is 9.84 Å². The molecular weight excluding hydrogens is 418 g/mol. The molecule has 0 bridgehead atoms. The second-order valence-electron chi connectivity index (χ2n) is 7.35. The lowest BCUT2D eigenvalue weighted by molar-refractivity contribution is 0.102. The summed E-state index contributed by atoms with van der Waals surface area (Å²) in [6.07, 6.45) is 5.50. The Kier molecular flexibility index (Phi) is 4.70. The van der Waals surface area contributed by atoms with E-state index in [2.05, 4.69) is 15.5 Å². The van der Waals surface area contributed by atoms with Crippen molar-refractivity contribution in [3.63, 3.8) is 0 Å². The van der Waals surface area contributed by atoms with Gasteiger partial charge in [0.25, 0.3) is 5.91 Å². The van der Waals surface area contributed by atoms with Gasteiger partial charge in [-0.25, -0.2) is 13.1 Å². The zero-order valence-electron chi connectivity index (χ0n) is 16.4. The van der Waals surface area contributed by atoms with Crippen molar-refractivity contribution in [2.45, 2.75) is 12.5 Å². The highest BCUT2D eigenvalue weighted by atomic mass is 32.2. The number of hydrogen-bond acceptors (Lipinski definition) is 6. The summed E-state index contributed by atoms with van der Waals surface area (Å²) in [5.41, 5.74) is 2.24. The highest BCUT2D eigenvalue weighted by Gasteiger charge is 2.32. The Labute approximate surface area is 178 Å². The van der Waals surface area contributed by atoms with Crippen molar-refractivity contribution in [3.8, 4) is 17.1 Å². The van der Waals surface area contributed by atoms with Crippen molar-refractivity contribution in [1.82, 2.24) is 19.6 Å². The van der Waals surface area contributed by atoms with E-state index in [0.717, 1.165) is 5.69 Å². The summed E-state index contributed by atoms with van der Waals surface area (Å²) in [7, 11) is -3.11. The molecule has 1 amide bonds. The standard InChI is InChI=1S/C21H19N5O4S/c27-21(23-15-4-6-16(7-5-15)25-10-2-9-22-25)18-13-19(20-3-1-11-30-20)26(24-18)17-8-12-31(28,29)14-17/h1-7,9-11,13,17H,8,12,14H2,(H,23,27). The highest BCUT2D eigenvalue weighted by molar-refractivity contribution is 7.91. The first-order valence-electron chi connectivity index (χ1n) is 9.74. The van der Waals surface area contributed by atoms with Crippen LogP contribution in [0.1, 0.15) is 23.0 Å². The SMILES string of the molecule is O=C(Nc1ccc(-n2cccn2)cc1)c1cc(-c2ccco2)n(C2CCS(=O)(=O)C2)n1. The van der Waals surface area contributed by atoms with Crippen LogP contribution in [0, 0.1) is 0 Å². The number of carbonyl (C=O) groups excluding carboxylic acids is 1. The largest absolute Gasteiger partial charge is 0.463 e. The maximum absolute atomic E-state index is 12.9. The third-order valence-corrected chi connectivity index (χ3v) is 6.94. The number of hydrogen-bond donors (Lipinski definition) is 1. The van der Waals surface area contributed by atoms with Gasteiger partial charge in [-0.2, -0.15) is 10.2 Å².